The zero-order chi connectivity index (χ0) is 19.7. The first-order valence-electron chi connectivity index (χ1n) is 9.33. The number of nitrogens with zero attached hydrogens (tertiary/aromatic N) is 2. The van der Waals surface area contributed by atoms with Crippen molar-refractivity contribution in [3.63, 3.8) is 0 Å². The van der Waals surface area contributed by atoms with Gasteiger partial charge in [-0.05, 0) is 34.4 Å². The maximum atomic E-state index is 4.48. The molecule has 0 atom stereocenters. The molecular formula is C24H28N2S. The van der Waals surface area contributed by atoms with Crippen molar-refractivity contribution in [3.8, 4) is 0 Å². The fourth-order valence-corrected chi connectivity index (χ4v) is 3.51. The standard InChI is InChI=1S/C13H15N.C11H13NS/c1-13(2,3)12-8-10-6-4-5-7-11(10)9-14-12;1-11(2,3)10-6-8-4-5-13-9(8)7-12-10/h4-9H,1-3H3;4-7H,1-3H3. The summed E-state index contributed by atoms with van der Waals surface area (Å²) < 4.78 is 1.27. The first-order valence-corrected chi connectivity index (χ1v) is 10.2. The third kappa shape index (κ3) is 4.72. The van der Waals surface area contributed by atoms with Crippen molar-refractivity contribution in [2.24, 2.45) is 0 Å². The summed E-state index contributed by atoms with van der Waals surface area (Å²) in [4.78, 5) is 8.94. The molecule has 0 radical (unpaired) electrons. The van der Waals surface area contributed by atoms with E-state index in [-0.39, 0.29) is 10.8 Å². The van der Waals surface area contributed by atoms with E-state index >= 15 is 0 Å². The van der Waals surface area contributed by atoms with Gasteiger partial charge in [0.15, 0.2) is 0 Å². The molecular weight excluding hydrogens is 348 g/mol. The fourth-order valence-electron chi connectivity index (χ4n) is 2.77. The van der Waals surface area contributed by atoms with E-state index < -0.39 is 0 Å². The highest BCUT2D eigenvalue weighted by atomic mass is 32.1. The SMILES string of the molecule is CC(C)(C)c1cc2ccccc2cn1.CC(C)(C)c1cc2ccsc2cn1. The molecule has 2 nitrogen and oxygen atoms in total. The van der Waals surface area contributed by atoms with Crippen molar-refractivity contribution in [1.82, 2.24) is 9.97 Å². The predicted octanol–water partition coefficient (Wildman–Crippen LogP) is 7.13. The average molecular weight is 377 g/mol. The van der Waals surface area contributed by atoms with Gasteiger partial charge in [0.25, 0.3) is 0 Å². The summed E-state index contributed by atoms with van der Waals surface area (Å²) in [6, 6.07) is 14.8. The van der Waals surface area contributed by atoms with Crippen LogP contribution in [0.2, 0.25) is 0 Å². The Bertz CT molecular complexity index is 1050. The number of rotatable bonds is 0. The van der Waals surface area contributed by atoms with Crippen LogP contribution in [0.5, 0.6) is 0 Å². The Balaban J connectivity index is 0.000000156. The molecule has 27 heavy (non-hydrogen) atoms. The van der Waals surface area contributed by atoms with Gasteiger partial charge < -0.3 is 0 Å². The number of pyridine rings is 2. The maximum Gasteiger partial charge on any atom is 0.0526 e. The summed E-state index contributed by atoms with van der Waals surface area (Å²) in [5.41, 5.74) is 2.59. The van der Waals surface area contributed by atoms with Gasteiger partial charge in [0.05, 0.1) is 4.70 Å². The second-order valence-corrected chi connectivity index (χ2v) is 9.89. The first kappa shape index (κ1) is 19.5. The molecule has 0 saturated carbocycles. The van der Waals surface area contributed by atoms with Crippen molar-refractivity contribution in [3.05, 3.63) is 71.6 Å². The third-order valence-electron chi connectivity index (χ3n) is 4.51. The topological polar surface area (TPSA) is 25.8 Å². The molecule has 3 heterocycles. The molecule has 0 aliphatic rings. The van der Waals surface area contributed by atoms with Crippen LogP contribution in [0.3, 0.4) is 0 Å². The number of hydrogen-bond acceptors (Lipinski definition) is 3. The monoisotopic (exact) mass is 376 g/mol. The van der Waals surface area contributed by atoms with Gasteiger partial charge in [-0.2, -0.15) is 0 Å². The number of fused-ring (bicyclic) bond motifs is 2. The molecule has 0 amide bonds. The molecule has 0 aliphatic heterocycles. The van der Waals surface area contributed by atoms with Crippen molar-refractivity contribution in [2.45, 2.75) is 52.4 Å². The van der Waals surface area contributed by atoms with E-state index in [0.29, 0.717) is 0 Å². The van der Waals surface area contributed by atoms with Gasteiger partial charge in [-0.15, -0.1) is 11.3 Å². The summed E-state index contributed by atoms with van der Waals surface area (Å²) in [6.45, 7) is 13.1. The number of benzene rings is 1. The van der Waals surface area contributed by atoms with Crippen LogP contribution in [-0.2, 0) is 10.8 Å². The molecule has 0 aliphatic carbocycles. The van der Waals surface area contributed by atoms with Gasteiger partial charge >= 0.3 is 0 Å². The van der Waals surface area contributed by atoms with Crippen molar-refractivity contribution in [2.75, 3.05) is 0 Å². The van der Waals surface area contributed by atoms with E-state index in [0.717, 1.165) is 5.69 Å². The largest absolute Gasteiger partial charge is 0.260 e. The van der Waals surface area contributed by atoms with Crippen LogP contribution < -0.4 is 0 Å². The summed E-state index contributed by atoms with van der Waals surface area (Å²) in [6.07, 6.45) is 3.93. The Labute approximate surface area is 166 Å². The molecule has 3 heteroatoms. The Hall–Kier alpha value is -2.26. The van der Waals surface area contributed by atoms with Crippen molar-refractivity contribution >= 4 is 32.2 Å². The molecule has 0 unspecified atom stereocenters. The van der Waals surface area contributed by atoms with Crippen LogP contribution in [0.1, 0.15) is 52.9 Å². The van der Waals surface area contributed by atoms with Gasteiger partial charge in [-0.25, -0.2) is 0 Å². The van der Waals surface area contributed by atoms with Crippen LogP contribution in [0.25, 0.3) is 20.9 Å². The Morgan fingerprint density at radius 1 is 0.667 bits per heavy atom. The van der Waals surface area contributed by atoms with E-state index in [1.54, 1.807) is 11.3 Å². The predicted molar refractivity (Wildman–Crippen MR) is 119 cm³/mol. The van der Waals surface area contributed by atoms with Gasteiger partial charge in [0.1, 0.15) is 0 Å². The molecule has 0 spiro atoms. The van der Waals surface area contributed by atoms with E-state index in [4.69, 9.17) is 0 Å². The lowest BCUT2D eigenvalue weighted by Crippen LogP contribution is -2.12. The molecule has 0 saturated heterocycles. The summed E-state index contributed by atoms with van der Waals surface area (Å²) >= 11 is 1.74. The molecule has 0 N–H and O–H groups in total. The Morgan fingerprint density at radius 3 is 1.85 bits per heavy atom. The lowest BCUT2D eigenvalue weighted by atomic mass is 9.91. The zero-order valence-electron chi connectivity index (χ0n) is 17.1. The first-order chi connectivity index (χ1) is 12.6. The summed E-state index contributed by atoms with van der Waals surface area (Å²) in [7, 11) is 0. The van der Waals surface area contributed by atoms with Gasteiger partial charge in [0.2, 0.25) is 0 Å². The van der Waals surface area contributed by atoms with Crippen LogP contribution in [0, 0.1) is 0 Å². The van der Waals surface area contributed by atoms with E-state index in [9.17, 15) is 0 Å². The number of thiophene rings is 1. The summed E-state index contributed by atoms with van der Waals surface area (Å²) in [5, 5.41) is 5.90. The molecule has 4 aromatic rings. The van der Waals surface area contributed by atoms with Crippen LogP contribution in [0.4, 0.5) is 0 Å². The van der Waals surface area contributed by atoms with Gasteiger partial charge in [0, 0.05) is 40.0 Å². The van der Waals surface area contributed by atoms with Gasteiger partial charge in [-0.1, -0.05) is 65.8 Å². The van der Waals surface area contributed by atoms with Crippen molar-refractivity contribution < 1.29 is 0 Å². The second-order valence-electron chi connectivity index (χ2n) is 8.94. The van der Waals surface area contributed by atoms with Crippen LogP contribution in [-0.4, -0.2) is 9.97 Å². The normalized spacial score (nSPS) is 12.1. The number of hydrogen-bond donors (Lipinski definition) is 0. The van der Waals surface area contributed by atoms with E-state index in [2.05, 4.69) is 93.3 Å². The van der Waals surface area contributed by atoms with Crippen LogP contribution >= 0.6 is 11.3 Å². The second kappa shape index (κ2) is 7.40. The highest BCUT2D eigenvalue weighted by Gasteiger charge is 2.16. The summed E-state index contributed by atoms with van der Waals surface area (Å²) in [5.74, 6) is 0. The van der Waals surface area contributed by atoms with Gasteiger partial charge in [-0.3, -0.25) is 9.97 Å². The minimum Gasteiger partial charge on any atom is -0.260 e. The molecule has 140 valence electrons. The smallest absolute Gasteiger partial charge is 0.0526 e. The minimum atomic E-state index is 0.129. The van der Waals surface area contributed by atoms with Crippen LogP contribution in [0.15, 0.2) is 60.2 Å². The maximum absolute atomic E-state index is 4.48. The minimum absolute atomic E-state index is 0.129. The Kier molecular flexibility index (Phi) is 5.34. The molecule has 0 fully saturated rings. The molecule has 0 bridgehead atoms. The fraction of sp³-hybridized carbons (Fsp3) is 0.333. The van der Waals surface area contributed by atoms with E-state index in [1.807, 2.05) is 18.5 Å². The Morgan fingerprint density at radius 2 is 1.22 bits per heavy atom. The lowest BCUT2D eigenvalue weighted by molar-refractivity contribution is 0.570. The number of aromatic nitrogens is 2. The molecule has 1 aromatic carbocycles. The average Bonchev–Trinajstić information content (AvgIpc) is 3.08. The quantitative estimate of drug-likeness (QED) is 0.326. The third-order valence-corrected chi connectivity index (χ3v) is 5.38. The molecule has 3 aromatic heterocycles. The highest BCUT2D eigenvalue weighted by molar-refractivity contribution is 7.17. The lowest BCUT2D eigenvalue weighted by Gasteiger charge is -2.17. The highest BCUT2D eigenvalue weighted by Crippen LogP contribution is 2.26. The van der Waals surface area contributed by atoms with Crippen molar-refractivity contribution in [1.29, 1.82) is 0 Å². The molecule has 4 rings (SSSR count). The zero-order valence-corrected chi connectivity index (χ0v) is 17.9. The van der Waals surface area contributed by atoms with E-state index in [1.165, 1.54) is 26.6 Å².